The van der Waals surface area contributed by atoms with Crippen molar-refractivity contribution in [1.82, 2.24) is 5.32 Å². The number of nitrogens with zero attached hydrogens (tertiary/aromatic N) is 1. The van der Waals surface area contributed by atoms with Gasteiger partial charge in [0.2, 0.25) is 5.91 Å². The third-order valence-electron chi connectivity index (χ3n) is 5.18. The zero-order valence-electron chi connectivity index (χ0n) is 16.4. The Labute approximate surface area is 178 Å². The molecule has 1 fully saturated rings. The maximum absolute atomic E-state index is 13.3. The molecular formula is C22H27ClN2O3S. The van der Waals surface area contributed by atoms with Crippen molar-refractivity contribution in [3.05, 3.63) is 59.6 Å². The quantitative estimate of drug-likeness (QED) is 0.712. The summed E-state index contributed by atoms with van der Waals surface area (Å²) in [5.41, 5.74) is 0.370. The Morgan fingerprint density at radius 2 is 1.62 bits per heavy atom. The fourth-order valence-corrected chi connectivity index (χ4v) is 5.29. The molecule has 3 rings (SSSR count). The second-order valence-corrected chi connectivity index (χ2v) is 9.71. The second kappa shape index (κ2) is 10.1. The first kappa shape index (κ1) is 21.7. The smallest absolute Gasteiger partial charge is 0.264 e. The van der Waals surface area contributed by atoms with Crippen LogP contribution >= 0.6 is 11.6 Å². The number of nitrogens with one attached hydrogen (secondary N) is 1. The van der Waals surface area contributed by atoms with Gasteiger partial charge in [0.15, 0.2) is 0 Å². The highest BCUT2D eigenvalue weighted by atomic mass is 35.5. The molecule has 0 bridgehead atoms. The van der Waals surface area contributed by atoms with E-state index >= 15 is 0 Å². The van der Waals surface area contributed by atoms with Crippen molar-refractivity contribution < 1.29 is 13.2 Å². The zero-order chi connectivity index (χ0) is 20.7. The van der Waals surface area contributed by atoms with E-state index in [1.54, 1.807) is 42.5 Å². The number of benzene rings is 2. The third kappa shape index (κ3) is 5.97. The number of rotatable bonds is 6. The van der Waals surface area contributed by atoms with Crippen LogP contribution < -0.4 is 9.62 Å². The van der Waals surface area contributed by atoms with Gasteiger partial charge in [-0.05, 0) is 43.2 Å². The fourth-order valence-electron chi connectivity index (χ4n) is 3.67. The average molecular weight is 435 g/mol. The van der Waals surface area contributed by atoms with E-state index in [9.17, 15) is 13.2 Å². The normalized spacial score (nSPS) is 15.9. The van der Waals surface area contributed by atoms with Gasteiger partial charge in [-0.2, -0.15) is 0 Å². The van der Waals surface area contributed by atoms with Gasteiger partial charge >= 0.3 is 0 Å². The lowest BCUT2D eigenvalue weighted by molar-refractivity contribution is -0.120. The SMILES string of the molecule is O=C(CN(c1cccc(Cl)c1)S(=O)(=O)c1ccccc1)NC1CCCCCCC1. The lowest BCUT2D eigenvalue weighted by atomic mass is 9.97. The predicted octanol–water partition coefficient (Wildman–Crippen LogP) is 4.76. The minimum Gasteiger partial charge on any atom is -0.352 e. The third-order valence-corrected chi connectivity index (χ3v) is 7.21. The molecule has 0 saturated heterocycles. The summed E-state index contributed by atoms with van der Waals surface area (Å²) in [7, 11) is -3.91. The van der Waals surface area contributed by atoms with Crippen LogP contribution in [0.25, 0.3) is 0 Å². The van der Waals surface area contributed by atoms with Gasteiger partial charge in [-0.15, -0.1) is 0 Å². The van der Waals surface area contributed by atoms with Gasteiger partial charge in [-0.3, -0.25) is 9.10 Å². The number of amides is 1. The Kier molecular flexibility index (Phi) is 7.56. The van der Waals surface area contributed by atoms with Gasteiger partial charge in [0, 0.05) is 11.1 Å². The topological polar surface area (TPSA) is 66.5 Å². The summed E-state index contributed by atoms with van der Waals surface area (Å²) in [6, 6.07) is 14.8. The molecule has 0 atom stereocenters. The van der Waals surface area contributed by atoms with Crippen LogP contribution in [0.5, 0.6) is 0 Å². The maximum Gasteiger partial charge on any atom is 0.264 e. The van der Waals surface area contributed by atoms with E-state index in [1.807, 2.05) is 0 Å². The summed E-state index contributed by atoms with van der Waals surface area (Å²) in [6.07, 6.45) is 7.67. The number of sulfonamides is 1. The van der Waals surface area contributed by atoms with Crippen LogP contribution in [0, 0.1) is 0 Å². The van der Waals surface area contributed by atoms with E-state index < -0.39 is 10.0 Å². The van der Waals surface area contributed by atoms with E-state index in [4.69, 9.17) is 11.6 Å². The molecule has 0 heterocycles. The molecule has 0 spiro atoms. The molecule has 0 radical (unpaired) electrons. The largest absolute Gasteiger partial charge is 0.352 e. The van der Waals surface area contributed by atoms with Gasteiger partial charge in [-0.25, -0.2) is 8.42 Å². The molecule has 1 amide bonds. The first-order chi connectivity index (χ1) is 14.0. The molecule has 1 saturated carbocycles. The summed E-state index contributed by atoms with van der Waals surface area (Å²) in [6.45, 7) is -0.284. The average Bonchev–Trinajstić information content (AvgIpc) is 2.68. The summed E-state index contributed by atoms with van der Waals surface area (Å²) in [5.74, 6) is -0.296. The Balaban J connectivity index is 1.82. The molecule has 1 aliphatic rings. The fraction of sp³-hybridized carbons (Fsp3) is 0.409. The summed E-state index contributed by atoms with van der Waals surface area (Å²) < 4.78 is 27.7. The molecule has 1 aliphatic carbocycles. The summed E-state index contributed by atoms with van der Waals surface area (Å²) in [4.78, 5) is 12.9. The van der Waals surface area contributed by atoms with Gasteiger partial charge < -0.3 is 5.32 Å². The summed E-state index contributed by atoms with van der Waals surface area (Å²) in [5, 5.41) is 3.46. The highest BCUT2D eigenvalue weighted by molar-refractivity contribution is 7.92. The van der Waals surface area contributed by atoms with Crippen molar-refractivity contribution >= 4 is 33.2 Å². The molecule has 156 valence electrons. The molecule has 7 heteroatoms. The number of carbonyl (C=O) groups is 1. The highest BCUT2D eigenvalue weighted by Gasteiger charge is 2.28. The van der Waals surface area contributed by atoms with Crippen LogP contribution in [0.3, 0.4) is 0 Å². The van der Waals surface area contributed by atoms with Crippen LogP contribution in [0.2, 0.25) is 5.02 Å². The van der Waals surface area contributed by atoms with Crippen molar-refractivity contribution in [1.29, 1.82) is 0 Å². The lowest BCUT2D eigenvalue weighted by Gasteiger charge is -2.26. The maximum atomic E-state index is 13.3. The van der Waals surface area contributed by atoms with E-state index in [0.29, 0.717) is 10.7 Å². The first-order valence-corrected chi connectivity index (χ1v) is 11.9. The highest BCUT2D eigenvalue weighted by Crippen LogP contribution is 2.26. The molecule has 0 unspecified atom stereocenters. The van der Waals surface area contributed by atoms with Crippen LogP contribution in [-0.2, 0) is 14.8 Å². The standard InChI is InChI=1S/C22H27ClN2O3S/c23-18-10-9-13-20(16-18)25(29(27,28)21-14-7-4-8-15-21)17-22(26)24-19-11-5-2-1-3-6-12-19/h4,7-10,13-16,19H,1-3,5-6,11-12,17H2,(H,24,26). The molecular weight excluding hydrogens is 408 g/mol. The Morgan fingerprint density at radius 3 is 2.28 bits per heavy atom. The van der Waals surface area contributed by atoms with Crippen LogP contribution in [0.4, 0.5) is 5.69 Å². The minimum atomic E-state index is -3.91. The predicted molar refractivity (Wildman–Crippen MR) is 117 cm³/mol. The Morgan fingerprint density at radius 1 is 0.966 bits per heavy atom. The van der Waals surface area contributed by atoms with E-state index in [0.717, 1.165) is 30.0 Å². The molecule has 5 nitrogen and oxygen atoms in total. The van der Waals surface area contributed by atoms with Gasteiger partial charge in [0.05, 0.1) is 10.6 Å². The van der Waals surface area contributed by atoms with Crippen molar-refractivity contribution in [2.45, 2.75) is 55.9 Å². The van der Waals surface area contributed by atoms with Crippen molar-refractivity contribution in [3.8, 4) is 0 Å². The molecule has 0 aromatic heterocycles. The molecule has 0 aliphatic heterocycles. The molecule has 1 N–H and O–H groups in total. The molecule has 2 aromatic carbocycles. The van der Waals surface area contributed by atoms with E-state index in [2.05, 4.69) is 5.32 Å². The number of hydrogen-bond acceptors (Lipinski definition) is 3. The first-order valence-electron chi connectivity index (χ1n) is 10.1. The van der Waals surface area contributed by atoms with Gasteiger partial charge in [0.25, 0.3) is 10.0 Å². The van der Waals surface area contributed by atoms with Crippen LogP contribution in [0.15, 0.2) is 59.5 Å². The van der Waals surface area contributed by atoms with Gasteiger partial charge in [-0.1, -0.05) is 68.0 Å². The zero-order valence-corrected chi connectivity index (χ0v) is 18.0. The monoisotopic (exact) mass is 434 g/mol. The molecule has 29 heavy (non-hydrogen) atoms. The Hall–Kier alpha value is -2.05. The number of anilines is 1. The number of halogens is 1. The van der Waals surface area contributed by atoms with Crippen molar-refractivity contribution in [3.63, 3.8) is 0 Å². The number of carbonyl (C=O) groups excluding carboxylic acids is 1. The van der Waals surface area contributed by atoms with Crippen molar-refractivity contribution in [2.24, 2.45) is 0 Å². The second-order valence-electron chi connectivity index (χ2n) is 7.41. The number of hydrogen-bond donors (Lipinski definition) is 1. The lowest BCUT2D eigenvalue weighted by Crippen LogP contribution is -2.44. The summed E-state index contributed by atoms with van der Waals surface area (Å²) >= 11 is 6.09. The van der Waals surface area contributed by atoms with E-state index in [1.165, 1.54) is 31.4 Å². The van der Waals surface area contributed by atoms with Crippen LogP contribution in [0.1, 0.15) is 44.9 Å². The van der Waals surface area contributed by atoms with Gasteiger partial charge in [0.1, 0.15) is 6.54 Å². The molecule has 2 aromatic rings. The minimum absolute atomic E-state index is 0.100. The van der Waals surface area contributed by atoms with Crippen molar-refractivity contribution in [2.75, 3.05) is 10.8 Å². The van der Waals surface area contributed by atoms with E-state index in [-0.39, 0.29) is 23.4 Å². The Bertz CT molecular complexity index is 911. The van der Waals surface area contributed by atoms with Crippen LogP contribution in [-0.4, -0.2) is 26.9 Å².